The molecule has 1 aromatic heterocycles. The summed E-state index contributed by atoms with van der Waals surface area (Å²) in [6.45, 7) is -0.104. The van der Waals surface area contributed by atoms with Gasteiger partial charge in [-0.25, -0.2) is 5.43 Å². The predicted octanol–water partition coefficient (Wildman–Crippen LogP) is 2.95. The van der Waals surface area contributed by atoms with Gasteiger partial charge in [-0.2, -0.15) is 5.10 Å². The molecule has 0 saturated carbocycles. The third-order valence-corrected chi connectivity index (χ3v) is 5.09. The number of nitrogens with zero attached hydrogens (tertiary/aromatic N) is 1. The molecule has 0 fully saturated rings. The third-order valence-electron chi connectivity index (χ3n) is 4.65. The molecule has 38 heavy (non-hydrogen) atoms. The highest BCUT2D eigenvalue weighted by molar-refractivity contribution is 6.40. The first-order chi connectivity index (χ1) is 18.2. The van der Waals surface area contributed by atoms with Crippen LogP contribution in [0.4, 0.5) is 11.4 Å². The van der Waals surface area contributed by atoms with E-state index in [9.17, 15) is 19.2 Å². The summed E-state index contributed by atoms with van der Waals surface area (Å²) in [7, 11) is 2.87. The minimum absolute atomic E-state index is 0.104. The zero-order valence-electron chi connectivity index (χ0n) is 20.0. The molecule has 0 unspecified atom stereocenters. The van der Waals surface area contributed by atoms with Crippen molar-refractivity contribution in [3.8, 4) is 11.5 Å². The van der Waals surface area contributed by atoms with Crippen molar-refractivity contribution in [2.24, 2.45) is 5.10 Å². The molecule has 4 amide bonds. The number of amides is 4. The zero-order valence-corrected chi connectivity index (χ0v) is 21.5. The van der Waals surface area contributed by atoms with E-state index in [0.29, 0.717) is 27.3 Å². The Balaban J connectivity index is 1.47. The molecule has 0 radical (unpaired) electrons. The first kappa shape index (κ1) is 28.0. The molecule has 3 rings (SSSR count). The Morgan fingerprint density at radius 2 is 1.58 bits per heavy atom. The molecule has 14 heteroatoms. The molecule has 3 aromatic rings. The molecule has 0 aliphatic rings. The second kappa shape index (κ2) is 13.1. The first-order valence-electron chi connectivity index (χ1n) is 10.7. The lowest BCUT2D eigenvalue weighted by molar-refractivity contribution is -0.136. The maximum atomic E-state index is 12.2. The minimum atomic E-state index is -1.04. The lowest BCUT2D eigenvalue weighted by atomic mass is 10.2. The third kappa shape index (κ3) is 7.98. The number of carbonyl (C=O) groups is 4. The van der Waals surface area contributed by atoms with Crippen LogP contribution in [-0.2, 0) is 25.7 Å². The summed E-state index contributed by atoms with van der Waals surface area (Å²) < 4.78 is 15.7. The largest absolute Gasteiger partial charge is 0.497 e. The van der Waals surface area contributed by atoms with Crippen molar-refractivity contribution in [1.29, 1.82) is 0 Å². The molecule has 12 nitrogen and oxygen atoms in total. The van der Waals surface area contributed by atoms with Crippen LogP contribution in [0, 0.1) is 0 Å². The van der Waals surface area contributed by atoms with Crippen molar-refractivity contribution in [2.45, 2.75) is 6.54 Å². The standard InChI is InChI=1S/C24H21Cl2N5O7/c1-36-16-5-6-20(37-2)19(10-16)30-23(34)24(35)31-28-12-18-4-3-17(38-18)11-27-21(32)22(33)29-15-8-13(25)7-14(26)9-15/h3-10,12H,11H2,1-2H3,(H,27,32)(H,29,33)(H,30,34)(H,31,35)/b28-12+. The summed E-state index contributed by atoms with van der Waals surface area (Å²) in [4.78, 5) is 48.4. The van der Waals surface area contributed by atoms with Crippen LogP contribution in [-0.4, -0.2) is 44.1 Å². The SMILES string of the molecule is COc1ccc(OC)c(NC(=O)C(=O)N/N=C/c2ccc(CNC(=O)C(=O)Nc3cc(Cl)cc(Cl)c3)o2)c1. The molecule has 0 spiro atoms. The van der Waals surface area contributed by atoms with E-state index in [2.05, 4.69) is 26.5 Å². The van der Waals surface area contributed by atoms with Crippen LogP contribution in [0.3, 0.4) is 0 Å². The Morgan fingerprint density at radius 1 is 0.868 bits per heavy atom. The molecule has 0 bridgehead atoms. The van der Waals surface area contributed by atoms with E-state index >= 15 is 0 Å². The van der Waals surface area contributed by atoms with Gasteiger partial charge in [0, 0.05) is 21.8 Å². The summed E-state index contributed by atoms with van der Waals surface area (Å²) in [5, 5.41) is 11.4. The highest BCUT2D eigenvalue weighted by Gasteiger charge is 2.17. The van der Waals surface area contributed by atoms with E-state index in [0.717, 1.165) is 6.21 Å². The van der Waals surface area contributed by atoms with Gasteiger partial charge in [-0.05, 0) is 42.5 Å². The summed E-state index contributed by atoms with van der Waals surface area (Å²) in [6.07, 6.45) is 1.15. The number of hydrogen-bond donors (Lipinski definition) is 4. The number of rotatable bonds is 8. The van der Waals surface area contributed by atoms with Crippen LogP contribution < -0.4 is 30.8 Å². The van der Waals surface area contributed by atoms with Gasteiger partial charge < -0.3 is 29.8 Å². The van der Waals surface area contributed by atoms with Gasteiger partial charge in [0.1, 0.15) is 23.0 Å². The molecule has 4 N–H and O–H groups in total. The van der Waals surface area contributed by atoms with Crippen molar-refractivity contribution in [3.63, 3.8) is 0 Å². The molecule has 0 aliphatic carbocycles. The average molecular weight is 562 g/mol. The Labute approximate surface area is 226 Å². The summed E-state index contributed by atoms with van der Waals surface area (Å²) >= 11 is 11.7. The number of carbonyl (C=O) groups excluding carboxylic acids is 4. The second-order valence-electron chi connectivity index (χ2n) is 7.32. The van der Waals surface area contributed by atoms with Crippen LogP contribution in [0.1, 0.15) is 11.5 Å². The fraction of sp³-hybridized carbons (Fsp3) is 0.125. The topological polar surface area (TPSA) is 160 Å². The summed E-state index contributed by atoms with van der Waals surface area (Å²) in [5.41, 5.74) is 2.56. The van der Waals surface area contributed by atoms with Gasteiger partial charge in [0.15, 0.2) is 0 Å². The highest BCUT2D eigenvalue weighted by atomic mass is 35.5. The summed E-state index contributed by atoms with van der Waals surface area (Å²) in [6, 6.07) is 12.1. The van der Waals surface area contributed by atoms with Gasteiger partial charge in [-0.1, -0.05) is 23.2 Å². The minimum Gasteiger partial charge on any atom is -0.497 e. The Hall–Kier alpha value is -4.55. The van der Waals surface area contributed by atoms with E-state index in [1.54, 1.807) is 12.1 Å². The number of anilines is 2. The predicted molar refractivity (Wildman–Crippen MR) is 140 cm³/mol. The molecule has 2 aromatic carbocycles. The van der Waals surface area contributed by atoms with Gasteiger partial charge in [0.05, 0.1) is 32.7 Å². The smallest absolute Gasteiger partial charge is 0.329 e. The van der Waals surface area contributed by atoms with Crippen LogP contribution >= 0.6 is 23.2 Å². The lowest BCUT2D eigenvalue weighted by Crippen LogP contribution is -2.34. The van der Waals surface area contributed by atoms with E-state index in [4.69, 9.17) is 37.1 Å². The lowest BCUT2D eigenvalue weighted by Gasteiger charge is -2.10. The molecule has 0 saturated heterocycles. The van der Waals surface area contributed by atoms with Crippen LogP contribution in [0.5, 0.6) is 11.5 Å². The number of ether oxygens (including phenoxy) is 2. The van der Waals surface area contributed by atoms with Crippen molar-refractivity contribution in [1.82, 2.24) is 10.7 Å². The number of hydrogen-bond acceptors (Lipinski definition) is 8. The molecule has 1 heterocycles. The van der Waals surface area contributed by atoms with Crippen molar-refractivity contribution in [3.05, 3.63) is 70.1 Å². The number of benzene rings is 2. The number of furan rings is 1. The molecular weight excluding hydrogens is 541 g/mol. The molecule has 198 valence electrons. The molecule has 0 atom stereocenters. The summed E-state index contributed by atoms with van der Waals surface area (Å²) in [5.74, 6) is -2.59. The zero-order chi connectivity index (χ0) is 27.7. The number of hydrazone groups is 1. The van der Waals surface area contributed by atoms with Crippen molar-refractivity contribution >= 4 is 64.4 Å². The van der Waals surface area contributed by atoms with Gasteiger partial charge in [0.2, 0.25) is 0 Å². The van der Waals surface area contributed by atoms with Crippen molar-refractivity contribution < 1.29 is 33.1 Å². The highest BCUT2D eigenvalue weighted by Crippen LogP contribution is 2.28. The molecule has 0 aliphatic heterocycles. The van der Waals surface area contributed by atoms with Gasteiger partial charge in [0.25, 0.3) is 0 Å². The first-order valence-corrected chi connectivity index (χ1v) is 11.4. The van der Waals surface area contributed by atoms with Crippen molar-refractivity contribution in [2.75, 3.05) is 24.9 Å². The van der Waals surface area contributed by atoms with E-state index < -0.39 is 23.6 Å². The van der Waals surface area contributed by atoms with E-state index in [1.807, 2.05) is 0 Å². The second-order valence-corrected chi connectivity index (χ2v) is 8.19. The average Bonchev–Trinajstić information content (AvgIpc) is 3.34. The quantitative estimate of drug-likeness (QED) is 0.187. The monoisotopic (exact) mass is 561 g/mol. The normalized spacial score (nSPS) is 10.5. The van der Waals surface area contributed by atoms with Gasteiger partial charge >= 0.3 is 23.6 Å². The number of halogens is 2. The fourth-order valence-corrected chi connectivity index (χ4v) is 3.44. The number of methoxy groups -OCH3 is 2. The Bertz CT molecular complexity index is 1370. The number of nitrogens with one attached hydrogen (secondary N) is 4. The Kier molecular flexibility index (Phi) is 9.68. The van der Waals surface area contributed by atoms with Crippen LogP contribution in [0.25, 0.3) is 0 Å². The Morgan fingerprint density at radius 3 is 2.26 bits per heavy atom. The fourth-order valence-electron chi connectivity index (χ4n) is 2.92. The molecular formula is C24H21Cl2N5O7. The van der Waals surface area contributed by atoms with E-state index in [-0.39, 0.29) is 23.7 Å². The van der Waals surface area contributed by atoms with Crippen LogP contribution in [0.15, 0.2) is 58.0 Å². The van der Waals surface area contributed by atoms with Gasteiger partial charge in [-0.3, -0.25) is 19.2 Å². The van der Waals surface area contributed by atoms with Crippen LogP contribution in [0.2, 0.25) is 10.0 Å². The van der Waals surface area contributed by atoms with Gasteiger partial charge in [-0.15, -0.1) is 0 Å². The van der Waals surface area contributed by atoms with E-state index in [1.165, 1.54) is 50.6 Å². The maximum Gasteiger partial charge on any atom is 0.329 e. The maximum absolute atomic E-state index is 12.2.